The highest BCUT2D eigenvalue weighted by Crippen LogP contribution is 2.34. The van der Waals surface area contributed by atoms with Crippen molar-refractivity contribution in [1.29, 1.82) is 0 Å². The van der Waals surface area contributed by atoms with Crippen LogP contribution in [0.25, 0.3) is 6.08 Å². The lowest BCUT2D eigenvalue weighted by Gasteiger charge is -2.24. The maximum Gasteiger partial charge on any atom is 0.341 e. The Hall–Kier alpha value is -3.65. The van der Waals surface area contributed by atoms with Gasteiger partial charge in [0.2, 0.25) is 0 Å². The number of hydrogen-bond donors (Lipinski definition) is 1. The van der Waals surface area contributed by atoms with Gasteiger partial charge in [-0.1, -0.05) is 23.5 Å². The molecule has 4 rings (SSSR count). The molecule has 0 bridgehead atoms. The van der Waals surface area contributed by atoms with Crippen LogP contribution in [0.4, 0.5) is 0 Å². The number of aliphatic carboxylic acids is 1. The summed E-state index contributed by atoms with van der Waals surface area (Å²) in [7, 11) is 3.01. The third kappa shape index (κ3) is 5.86. The van der Waals surface area contributed by atoms with E-state index in [-0.39, 0.29) is 17.7 Å². The van der Waals surface area contributed by atoms with Crippen molar-refractivity contribution < 1.29 is 33.6 Å². The minimum Gasteiger partial charge on any atom is -0.497 e. The number of carbonyl (C=O) groups is 2. The van der Waals surface area contributed by atoms with Crippen LogP contribution in [0.2, 0.25) is 0 Å². The van der Waals surface area contributed by atoms with E-state index in [1.807, 2.05) is 34.7 Å². The molecular weight excluding hydrogens is 639 g/mol. The summed E-state index contributed by atoms with van der Waals surface area (Å²) in [5.41, 5.74) is 1.79. The van der Waals surface area contributed by atoms with Crippen LogP contribution in [0.15, 0.2) is 57.5 Å². The van der Waals surface area contributed by atoms with Gasteiger partial charge in [-0.05, 0) is 77.9 Å². The van der Waals surface area contributed by atoms with Gasteiger partial charge in [0.1, 0.15) is 5.75 Å². The molecular formula is C27H25IN2O8S. The Balaban J connectivity index is 1.87. The van der Waals surface area contributed by atoms with Crippen molar-refractivity contribution in [2.24, 2.45) is 4.99 Å². The van der Waals surface area contributed by atoms with E-state index in [1.165, 1.54) is 23.0 Å². The number of carboxylic acid groups (broad SMARTS) is 1. The van der Waals surface area contributed by atoms with Crippen molar-refractivity contribution in [3.05, 3.63) is 82.1 Å². The highest BCUT2D eigenvalue weighted by molar-refractivity contribution is 14.1. The van der Waals surface area contributed by atoms with E-state index in [1.54, 1.807) is 51.3 Å². The number of hydrogen-bond acceptors (Lipinski definition) is 9. The summed E-state index contributed by atoms with van der Waals surface area (Å²) in [5, 5.41) is 8.96. The predicted molar refractivity (Wildman–Crippen MR) is 152 cm³/mol. The molecule has 39 heavy (non-hydrogen) atoms. The highest BCUT2D eigenvalue weighted by Gasteiger charge is 2.33. The van der Waals surface area contributed by atoms with Crippen LogP contribution < -0.4 is 29.1 Å². The molecule has 0 aliphatic carbocycles. The first-order valence-electron chi connectivity index (χ1n) is 11.7. The molecule has 10 nitrogen and oxygen atoms in total. The Morgan fingerprint density at radius 1 is 1.18 bits per heavy atom. The number of thiazole rings is 1. The van der Waals surface area contributed by atoms with E-state index in [4.69, 9.17) is 24.1 Å². The maximum atomic E-state index is 13.8. The van der Waals surface area contributed by atoms with Crippen LogP contribution in [0, 0.1) is 3.57 Å². The fourth-order valence-electron chi connectivity index (χ4n) is 4.14. The van der Waals surface area contributed by atoms with Crippen LogP contribution in [-0.2, 0) is 14.3 Å². The van der Waals surface area contributed by atoms with Gasteiger partial charge in [-0.3, -0.25) is 9.36 Å². The van der Waals surface area contributed by atoms with E-state index in [0.717, 1.165) is 0 Å². The zero-order valence-corrected chi connectivity index (χ0v) is 24.5. The molecule has 0 fully saturated rings. The van der Waals surface area contributed by atoms with E-state index in [2.05, 4.69) is 4.99 Å². The lowest BCUT2D eigenvalue weighted by molar-refractivity contribution is -0.140. The fourth-order valence-corrected chi connectivity index (χ4v) is 5.97. The molecule has 3 aromatic rings. The topological polar surface area (TPSA) is 126 Å². The van der Waals surface area contributed by atoms with E-state index >= 15 is 0 Å². The van der Waals surface area contributed by atoms with Gasteiger partial charge in [0.25, 0.3) is 5.56 Å². The number of carboxylic acids is 1. The number of carbonyl (C=O) groups excluding carboxylic acids is 1. The Kier molecular flexibility index (Phi) is 8.75. The van der Waals surface area contributed by atoms with Crippen molar-refractivity contribution in [3.8, 4) is 17.2 Å². The molecule has 0 saturated carbocycles. The first-order chi connectivity index (χ1) is 18.7. The Labute approximate surface area is 240 Å². The molecule has 0 radical (unpaired) electrons. The number of halogens is 1. The van der Waals surface area contributed by atoms with Gasteiger partial charge >= 0.3 is 11.9 Å². The molecule has 12 heteroatoms. The lowest BCUT2D eigenvalue weighted by Crippen LogP contribution is -2.39. The van der Waals surface area contributed by atoms with Gasteiger partial charge in [-0.2, -0.15) is 0 Å². The maximum absolute atomic E-state index is 13.8. The summed E-state index contributed by atoms with van der Waals surface area (Å²) in [6.07, 6.45) is 1.70. The standard InChI is InChI=1S/C27H25IN2O8S/c1-5-37-26(34)22-14(2)29-27-30(23(22)16-6-8-17(35-3)9-7-16)25(33)20(39-27)12-15-10-18(28)24(19(11-15)36-4)38-13-21(31)32/h6-12,23H,5,13H2,1-4H3,(H,31,32)/b20-12-/t23-/m1/s1. The van der Waals surface area contributed by atoms with Crippen molar-refractivity contribution in [1.82, 2.24) is 4.57 Å². The molecule has 1 aliphatic rings. The van der Waals surface area contributed by atoms with Gasteiger partial charge in [-0.15, -0.1) is 0 Å². The number of ether oxygens (including phenoxy) is 4. The Morgan fingerprint density at radius 2 is 1.90 bits per heavy atom. The van der Waals surface area contributed by atoms with Gasteiger partial charge in [0.05, 0.1) is 46.2 Å². The zero-order chi connectivity index (χ0) is 28.3. The second-order valence-electron chi connectivity index (χ2n) is 8.29. The number of nitrogens with zero attached hydrogens (tertiary/aromatic N) is 2. The molecule has 204 valence electrons. The average Bonchev–Trinajstić information content (AvgIpc) is 3.20. The smallest absolute Gasteiger partial charge is 0.341 e. The van der Waals surface area contributed by atoms with Crippen molar-refractivity contribution in [2.45, 2.75) is 19.9 Å². The number of rotatable bonds is 9. The van der Waals surface area contributed by atoms with Gasteiger partial charge in [0.15, 0.2) is 22.9 Å². The van der Waals surface area contributed by atoms with Crippen LogP contribution in [-0.4, -0.2) is 49.0 Å². The molecule has 0 saturated heterocycles. The number of benzene rings is 2. The minimum absolute atomic E-state index is 0.183. The third-order valence-electron chi connectivity index (χ3n) is 5.84. The number of esters is 1. The van der Waals surface area contributed by atoms with Gasteiger partial charge < -0.3 is 24.1 Å². The number of fused-ring (bicyclic) bond motifs is 1. The van der Waals surface area contributed by atoms with E-state index < -0.39 is 24.6 Å². The molecule has 0 amide bonds. The second-order valence-corrected chi connectivity index (χ2v) is 10.5. The van der Waals surface area contributed by atoms with Crippen LogP contribution in [0.5, 0.6) is 17.2 Å². The molecule has 0 unspecified atom stereocenters. The minimum atomic E-state index is -1.11. The summed E-state index contributed by atoms with van der Waals surface area (Å²) in [4.78, 5) is 42.8. The summed E-state index contributed by atoms with van der Waals surface area (Å²) in [6.45, 7) is 3.11. The summed E-state index contributed by atoms with van der Waals surface area (Å²) in [5.74, 6) is -0.372. The highest BCUT2D eigenvalue weighted by atomic mass is 127. The van der Waals surface area contributed by atoms with E-state index in [0.29, 0.717) is 47.0 Å². The molecule has 2 aromatic carbocycles. The van der Waals surface area contributed by atoms with Gasteiger partial charge in [0, 0.05) is 0 Å². The molecule has 1 atom stereocenters. The summed E-state index contributed by atoms with van der Waals surface area (Å²) >= 11 is 3.22. The predicted octanol–water partition coefficient (Wildman–Crippen LogP) is 2.88. The summed E-state index contributed by atoms with van der Waals surface area (Å²) < 4.78 is 23.9. The molecule has 1 N–H and O–H groups in total. The quantitative estimate of drug-likeness (QED) is 0.274. The number of aromatic nitrogens is 1. The number of allylic oxidation sites excluding steroid dienone is 1. The molecule has 0 spiro atoms. The first kappa shape index (κ1) is 28.4. The van der Waals surface area contributed by atoms with Crippen molar-refractivity contribution in [2.75, 3.05) is 27.4 Å². The number of methoxy groups -OCH3 is 2. The fraction of sp³-hybridized carbons (Fsp3) is 0.259. The first-order valence-corrected chi connectivity index (χ1v) is 13.6. The van der Waals surface area contributed by atoms with Crippen molar-refractivity contribution in [3.63, 3.8) is 0 Å². The van der Waals surface area contributed by atoms with Crippen LogP contribution >= 0.6 is 33.9 Å². The normalized spacial score (nSPS) is 14.9. The van der Waals surface area contributed by atoms with Crippen LogP contribution in [0.1, 0.15) is 31.0 Å². The van der Waals surface area contributed by atoms with Crippen molar-refractivity contribution >= 4 is 51.9 Å². The summed E-state index contributed by atoms with van der Waals surface area (Å²) in [6, 6.07) is 9.83. The monoisotopic (exact) mass is 664 g/mol. The SMILES string of the molecule is CCOC(=O)C1=C(C)N=c2s/c(=C\c3cc(I)c(OCC(=O)O)c(OC)c3)c(=O)n2[C@@H]1c1ccc(OC)cc1. The molecule has 2 heterocycles. The zero-order valence-electron chi connectivity index (χ0n) is 21.5. The molecule has 1 aromatic heterocycles. The van der Waals surface area contributed by atoms with Crippen LogP contribution in [0.3, 0.4) is 0 Å². The largest absolute Gasteiger partial charge is 0.497 e. The molecule has 1 aliphatic heterocycles. The second kappa shape index (κ2) is 12.0. The van der Waals surface area contributed by atoms with E-state index in [9.17, 15) is 14.4 Å². The Morgan fingerprint density at radius 3 is 2.51 bits per heavy atom. The third-order valence-corrected chi connectivity index (χ3v) is 7.62. The average molecular weight is 664 g/mol. The Bertz CT molecular complexity index is 1640. The van der Waals surface area contributed by atoms with Gasteiger partial charge in [-0.25, -0.2) is 14.6 Å². The lowest BCUT2D eigenvalue weighted by atomic mass is 9.96.